The third-order valence-electron chi connectivity index (χ3n) is 10.9. The molecule has 1 atom stereocenters. The van der Waals surface area contributed by atoms with Crippen LogP contribution in [0, 0.1) is 0 Å². The van der Waals surface area contributed by atoms with Gasteiger partial charge in [0, 0.05) is 5.57 Å². The average molecular weight is 824 g/mol. The van der Waals surface area contributed by atoms with E-state index in [4.69, 9.17) is 38.9 Å². The molecule has 10 heteroatoms. The normalized spacial score (nSPS) is 13.6. The van der Waals surface area contributed by atoms with Gasteiger partial charge in [0.2, 0.25) is 0 Å². The molecule has 0 spiro atoms. The summed E-state index contributed by atoms with van der Waals surface area (Å²) >= 11 is 0. The van der Waals surface area contributed by atoms with Crippen molar-refractivity contribution in [1.82, 2.24) is 19.9 Å². The second kappa shape index (κ2) is 15.2. The number of benzene rings is 4. The second-order valence-corrected chi connectivity index (χ2v) is 14.1. The number of hydrogen-bond donors (Lipinski definition) is 1. The van der Waals surface area contributed by atoms with Crippen LogP contribution in [-0.2, 0) is 17.1 Å². The predicted octanol–water partition coefficient (Wildman–Crippen LogP) is 10.0. The van der Waals surface area contributed by atoms with Crippen molar-refractivity contribution < 1.29 is 41.1 Å². The quantitative estimate of drug-likeness (QED) is 0.157. The summed E-state index contributed by atoms with van der Waals surface area (Å²) in [6.07, 6.45) is 5.08. The van der Waals surface area contributed by atoms with Gasteiger partial charge in [-0.05, 0) is 117 Å². The van der Waals surface area contributed by atoms with Gasteiger partial charge in [-0.1, -0.05) is 66.7 Å². The summed E-state index contributed by atoms with van der Waals surface area (Å²) in [6, 6.07) is 37.5. The van der Waals surface area contributed by atoms with Crippen LogP contribution in [0.3, 0.4) is 0 Å². The van der Waals surface area contributed by atoms with E-state index in [9.17, 15) is 5.11 Å². The number of ether oxygens (including phenoxy) is 4. The molecule has 5 heterocycles. The van der Waals surface area contributed by atoms with Crippen LogP contribution < -0.4 is 28.9 Å². The van der Waals surface area contributed by atoms with Crippen molar-refractivity contribution in [2.24, 2.45) is 0 Å². The van der Waals surface area contributed by atoms with E-state index in [0.717, 1.165) is 72.5 Å². The first-order valence-electron chi connectivity index (χ1n) is 18.8. The van der Waals surface area contributed by atoms with Crippen LogP contribution in [0.5, 0.6) is 23.0 Å². The molecule has 0 saturated heterocycles. The number of hydrogen-bond acceptors (Lipinski definition) is 7. The summed E-state index contributed by atoms with van der Waals surface area (Å²) in [5.41, 5.74) is 13.7. The van der Waals surface area contributed by atoms with Crippen molar-refractivity contribution in [1.29, 1.82) is 0 Å². The Kier molecular flexibility index (Phi) is 9.69. The topological polar surface area (TPSA) is 111 Å². The first kappa shape index (κ1) is 37.7. The molecule has 293 valence electrons. The van der Waals surface area contributed by atoms with Crippen LogP contribution in [-0.4, -0.2) is 43.5 Å². The molecule has 1 N–H and O–H groups in total. The van der Waals surface area contributed by atoms with E-state index in [1.807, 2.05) is 133 Å². The number of aliphatic hydroxyl groups excluding tert-OH is 1. The second-order valence-electron chi connectivity index (χ2n) is 14.1. The van der Waals surface area contributed by atoms with Gasteiger partial charge in [-0.2, -0.15) is 0 Å². The van der Waals surface area contributed by atoms with Crippen LogP contribution in [0.2, 0.25) is 0 Å². The Balaban J connectivity index is 0.00000449. The first-order chi connectivity index (χ1) is 28.4. The Labute approximate surface area is 351 Å². The molecule has 9 nitrogen and oxygen atoms in total. The fourth-order valence-electron chi connectivity index (χ4n) is 8.18. The van der Waals surface area contributed by atoms with Gasteiger partial charge < -0.3 is 34.0 Å². The summed E-state index contributed by atoms with van der Waals surface area (Å²) < 4.78 is 22.8. The summed E-state index contributed by atoms with van der Waals surface area (Å²) in [5.74, 6) is 2.78. The largest absolute Gasteiger partial charge is 2.00 e. The molecule has 4 aromatic carbocycles. The Bertz CT molecular complexity index is 3050. The summed E-state index contributed by atoms with van der Waals surface area (Å²) in [4.78, 5) is 21.5. The van der Waals surface area contributed by atoms with E-state index in [1.165, 1.54) is 0 Å². The SMILES string of the molecule is COc1cccc(-c2c3nc(c(-c4cccc(OC)c4)c4ccc([n-]4)c4c5nc(c(-c6cccc(OC)c6)c6ccc2[n-]6)C=C5C(O)c2ccc(OC)cc2-4)C=C3)c1.[Cu+2]. The molecule has 1 radical (unpaired) electrons. The molecular formula is C49H36CuN4O5. The van der Waals surface area contributed by atoms with Gasteiger partial charge in [-0.15, -0.1) is 22.1 Å². The number of nitrogens with zero attached hydrogens (tertiary/aromatic N) is 4. The van der Waals surface area contributed by atoms with Gasteiger partial charge in [-0.3, -0.25) is 0 Å². The number of aliphatic hydroxyl groups is 1. The minimum Gasteiger partial charge on any atom is -0.657 e. The summed E-state index contributed by atoms with van der Waals surface area (Å²) in [7, 11) is 6.61. The number of fused-ring (bicyclic) bond motifs is 10. The van der Waals surface area contributed by atoms with Crippen LogP contribution in [0.4, 0.5) is 0 Å². The van der Waals surface area contributed by atoms with Gasteiger partial charge in [0.25, 0.3) is 0 Å². The molecule has 0 saturated carbocycles. The molecule has 3 aliphatic rings. The molecule has 0 amide bonds. The van der Waals surface area contributed by atoms with Crippen molar-refractivity contribution in [3.63, 3.8) is 0 Å². The Morgan fingerprint density at radius 1 is 0.492 bits per heavy atom. The number of rotatable bonds is 7. The van der Waals surface area contributed by atoms with Gasteiger partial charge in [0.1, 0.15) is 29.1 Å². The molecule has 1 unspecified atom stereocenters. The van der Waals surface area contributed by atoms with E-state index in [-0.39, 0.29) is 17.1 Å². The fraction of sp³-hybridized carbons (Fsp3) is 0.102. The minimum absolute atomic E-state index is 0. The van der Waals surface area contributed by atoms with E-state index in [0.29, 0.717) is 51.0 Å². The molecule has 3 aromatic heterocycles. The summed E-state index contributed by atoms with van der Waals surface area (Å²) in [5, 5.41) is 12.1. The van der Waals surface area contributed by atoms with E-state index in [2.05, 4.69) is 0 Å². The van der Waals surface area contributed by atoms with Crippen molar-refractivity contribution in [2.75, 3.05) is 28.4 Å². The molecule has 10 rings (SSSR count). The van der Waals surface area contributed by atoms with Crippen LogP contribution >= 0.6 is 0 Å². The van der Waals surface area contributed by atoms with E-state index >= 15 is 0 Å². The maximum absolute atomic E-state index is 12.1. The number of aromatic nitrogens is 4. The zero-order chi connectivity index (χ0) is 39.5. The van der Waals surface area contributed by atoms with Gasteiger partial charge in [0.05, 0.1) is 51.2 Å². The van der Waals surface area contributed by atoms with Crippen molar-refractivity contribution in [3.05, 3.63) is 144 Å². The minimum atomic E-state index is -0.953. The van der Waals surface area contributed by atoms with Gasteiger partial charge in [-0.25, -0.2) is 9.97 Å². The molecule has 59 heavy (non-hydrogen) atoms. The van der Waals surface area contributed by atoms with Crippen molar-refractivity contribution in [3.8, 4) is 67.5 Å². The summed E-state index contributed by atoms with van der Waals surface area (Å²) in [6.45, 7) is 0. The molecular weight excluding hydrogens is 788 g/mol. The number of methoxy groups -OCH3 is 4. The molecule has 2 aliphatic heterocycles. The molecule has 1 aliphatic carbocycles. The average Bonchev–Trinajstić information content (AvgIpc) is 4.11. The molecule has 0 fully saturated rings. The Morgan fingerprint density at radius 3 is 1.41 bits per heavy atom. The fourth-order valence-corrected chi connectivity index (χ4v) is 8.18. The third-order valence-corrected chi connectivity index (χ3v) is 10.9. The van der Waals surface area contributed by atoms with E-state index in [1.54, 1.807) is 28.4 Å². The van der Waals surface area contributed by atoms with Crippen molar-refractivity contribution in [2.45, 2.75) is 6.10 Å². The monoisotopic (exact) mass is 823 g/mol. The standard InChI is InChI=1S/C49H36N4O5.Cu/c1-55-30-11-5-8-27(22-30)44-37-16-17-38(50-37)45(28-9-6-12-31(23-28)56-2)40-20-21-42(52-40)47-35-25-33(58-4)14-15-34(35)49(54)36-26-43(53-48(36)47)46(41-19-18-39(44)51-41)29-10-7-13-32(24-29)57-3;/h5-26,49,54H,1-4H3;/q-2;+2. The Hall–Kier alpha value is -6.84. The molecule has 8 bridgehead atoms. The van der Waals surface area contributed by atoms with Gasteiger partial charge >= 0.3 is 17.1 Å². The van der Waals surface area contributed by atoms with Crippen LogP contribution in [0.1, 0.15) is 34.4 Å². The predicted molar refractivity (Wildman–Crippen MR) is 229 cm³/mol. The van der Waals surface area contributed by atoms with Crippen LogP contribution in [0.15, 0.2) is 115 Å². The first-order valence-corrected chi connectivity index (χ1v) is 18.8. The third kappa shape index (κ3) is 6.38. The van der Waals surface area contributed by atoms with Crippen molar-refractivity contribution >= 4 is 45.9 Å². The van der Waals surface area contributed by atoms with Crippen LogP contribution in [0.25, 0.3) is 90.4 Å². The zero-order valence-corrected chi connectivity index (χ0v) is 33.4. The smallest absolute Gasteiger partial charge is 0.657 e. The molecule has 7 aromatic rings. The zero-order valence-electron chi connectivity index (χ0n) is 32.4. The maximum atomic E-state index is 12.1. The van der Waals surface area contributed by atoms with E-state index < -0.39 is 6.10 Å². The Morgan fingerprint density at radius 2 is 0.932 bits per heavy atom. The maximum Gasteiger partial charge on any atom is 2.00 e. The van der Waals surface area contributed by atoms with Gasteiger partial charge in [0.15, 0.2) is 0 Å².